The van der Waals surface area contributed by atoms with Crippen LogP contribution in [-0.2, 0) is 0 Å². The molecule has 0 N–H and O–H groups in total. The maximum Gasteiger partial charge on any atom is 0.0731 e. The third kappa shape index (κ3) is 2.59. The van der Waals surface area contributed by atoms with Crippen molar-refractivity contribution < 1.29 is 0 Å². The first-order valence-electron chi connectivity index (χ1n) is 7.25. The Morgan fingerprint density at radius 3 is 2.00 bits per heavy atom. The molecule has 0 saturated carbocycles. The number of hydrogen-bond acceptors (Lipinski definition) is 1. The molecule has 1 aromatic heterocycles. The standard InChI is InChI=1S/C20H19N/c1-14-7-4-8-15(2)19(14)17-10-5-11-18(13-17)20-16(3)9-6-12-21-20/h4-13H,1-3H3. The van der Waals surface area contributed by atoms with Crippen LogP contribution in [0.25, 0.3) is 22.4 Å². The van der Waals surface area contributed by atoms with Crippen LogP contribution >= 0.6 is 0 Å². The molecule has 0 aliphatic heterocycles. The number of pyridine rings is 1. The van der Waals surface area contributed by atoms with E-state index in [0.29, 0.717) is 0 Å². The summed E-state index contributed by atoms with van der Waals surface area (Å²) in [5, 5.41) is 0. The highest BCUT2D eigenvalue weighted by Gasteiger charge is 2.08. The van der Waals surface area contributed by atoms with Gasteiger partial charge in [0.15, 0.2) is 0 Å². The molecule has 21 heavy (non-hydrogen) atoms. The quantitative estimate of drug-likeness (QED) is 0.614. The van der Waals surface area contributed by atoms with Crippen LogP contribution < -0.4 is 0 Å². The smallest absolute Gasteiger partial charge is 0.0731 e. The first kappa shape index (κ1) is 13.6. The Kier molecular flexibility index (Phi) is 3.57. The molecule has 0 spiro atoms. The summed E-state index contributed by atoms with van der Waals surface area (Å²) in [6, 6.07) is 19.2. The van der Waals surface area contributed by atoms with Crippen LogP contribution in [0.5, 0.6) is 0 Å². The molecule has 1 heterocycles. The Morgan fingerprint density at radius 1 is 0.667 bits per heavy atom. The zero-order valence-electron chi connectivity index (χ0n) is 12.7. The Hall–Kier alpha value is -2.41. The van der Waals surface area contributed by atoms with Gasteiger partial charge in [-0.15, -0.1) is 0 Å². The Labute approximate surface area is 126 Å². The molecule has 0 unspecified atom stereocenters. The lowest BCUT2D eigenvalue weighted by Gasteiger charge is -2.12. The third-order valence-electron chi connectivity index (χ3n) is 3.92. The Morgan fingerprint density at radius 2 is 1.29 bits per heavy atom. The molecule has 3 aromatic rings. The minimum absolute atomic E-state index is 1.06. The van der Waals surface area contributed by atoms with Crippen LogP contribution in [0.4, 0.5) is 0 Å². The van der Waals surface area contributed by atoms with Crippen LogP contribution in [0.3, 0.4) is 0 Å². The summed E-state index contributed by atoms with van der Waals surface area (Å²) in [5.41, 5.74) is 8.64. The second-order valence-corrected chi connectivity index (χ2v) is 5.52. The fourth-order valence-electron chi connectivity index (χ4n) is 2.88. The lowest BCUT2D eigenvalue weighted by molar-refractivity contribution is 1.27. The summed E-state index contributed by atoms with van der Waals surface area (Å²) in [4.78, 5) is 4.53. The molecule has 0 aliphatic carbocycles. The van der Waals surface area contributed by atoms with Gasteiger partial charge in [-0.25, -0.2) is 0 Å². The molecule has 0 bridgehead atoms. The first-order valence-corrected chi connectivity index (χ1v) is 7.25. The maximum absolute atomic E-state index is 4.53. The van der Waals surface area contributed by atoms with Gasteiger partial charge in [-0.3, -0.25) is 4.98 Å². The minimum atomic E-state index is 1.06. The largest absolute Gasteiger partial charge is 0.256 e. The minimum Gasteiger partial charge on any atom is -0.256 e. The zero-order chi connectivity index (χ0) is 14.8. The zero-order valence-corrected chi connectivity index (χ0v) is 12.7. The van der Waals surface area contributed by atoms with Crippen molar-refractivity contribution in [3.63, 3.8) is 0 Å². The maximum atomic E-state index is 4.53. The number of aromatic nitrogens is 1. The van der Waals surface area contributed by atoms with E-state index in [0.717, 1.165) is 5.69 Å². The molecular formula is C20H19N. The molecule has 0 fully saturated rings. The molecule has 0 saturated heterocycles. The van der Waals surface area contributed by atoms with Gasteiger partial charge in [-0.1, -0.05) is 42.5 Å². The predicted octanol–water partition coefficient (Wildman–Crippen LogP) is 5.34. The van der Waals surface area contributed by atoms with Crippen molar-refractivity contribution in [3.8, 4) is 22.4 Å². The summed E-state index contributed by atoms with van der Waals surface area (Å²) >= 11 is 0. The lowest BCUT2D eigenvalue weighted by Crippen LogP contribution is -1.90. The van der Waals surface area contributed by atoms with E-state index in [2.05, 4.69) is 74.3 Å². The number of nitrogens with zero attached hydrogens (tertiary/aromatic N) is 1. The van der Waals surface area contributed by atoms with Crippen molar-refractivity contribution in [1.29, 1.82) is 0 Å². The van der Waals surface area contributed by atoms with Gasteiger partial charge in [0.25, 0.3) is 0 Å². The normalized spacial score (nSPS) is 10.6. The molecule has 2 aromatic carbocycles. The van der Waals surface area contributed by atoms with Crippen LogP contribution in [0.2, 0.25) is 0 Å². The number of hydrogen-bond donors (Lipinski definition) is 0. The summed E-state index contributed by atoms with van der Waals surface area (Å²) < 4.78 is 0. The van der Waals surface area contributed by atoms with E-state index in [1.165, 1.54) is 33.4 Å². The van der Waals surface area contributed by atoms with E-state index in [9.17, 15) is 0 Å². The highest BCUT2D eigenvalue weighted by molar-refractivity contribution is 5.76. The van der Waals surface area contributed by atoms with E-state index in [1.807, 2.05) is 12.3 Å². The van der Waals surface area contributed by atoms with Crippen molar-refractivity contribution in [3.05, 3.63) is 77.5 Å². The van der Waals surface area contributed by atoms with Crippen molar-refractivity contribution >= 4 is 0 Å². The van der Waals surface area contributed by atoms with Crippen LogP contribution in [0.15, 0.2) is 60.8 Å². The molecule has 0 aliphatic rings. The fraction of sp³-hybridized carbons (Fsp3) is 0.150. The van der Waals surface area contributed by atoms with Gasteiger partial charge in [0.05, 0.1) is 5.69 Å². The van der Waals surface area contributed by atoms with Gasteiger partial charge in [0.1, 0.15) is 0 Å². The summed E-state index contributed by atoms with van der Waals surface area (Å²) in [5.74, 6) is 0. The van der Waals surface area contributed by atoms with E-state index in [-0.39, 0.29) is 0 Å². The van der Waals surface area contributed by atoms with Gasteiger partial charge in [-0.2, -0.15) is 0 Å². The topological polar surface area (TPSA) is 12.9 Å². The fourth-order valence-corrected chi connectivity index (χ4v) is 2.88. The average molecular weight is 273 g/mol. The monoisotopic (exact) mass is 273 g/mol. The SMILES string of the molecule is Cc1cccnc1-c1cccc(-c2c(C)cccc2C)c1. The second kappa shape index (κ2) is 5.53. The molecule has 3 rings (SSSR count). The van der Waals surface area contributed by atoms with Crippen molar-refractivity contribution in [2.45, 2.75) is 20.8 Å². The van der Waals surface area contributed by atoms with E-state index in [4.69, 9.17) is 0 Å². The van der Waals surface area contributed by atoms with Crippen molar-refractivity contribution in [2.24, 2.45) is 0 Å². The summed E-state index contributed by atoms with van der Waals surface area (Å²) in [7, 11) is 0. The predicted molar refractivity (Wildman–Crippen MR) is 89.3 cm³/mol. The number of aryl methyl sites for hydroxylation is 3. The van der Waals surface area contributed by atoms with E-state index >= 15 is 0 Å². The molecular weight excluding hydrogens is 254 g/mol. The number of rotatable bonds is 2. The molecule has 1 nitrogen and oxygen atoms in total. The van der Waals surface area contributed by atoms with Crippen LogP contribution in [0, 0.1) is 20.8 Å². The van der Waals surface area contributed by atoms with Crippen molar-refractivity contribution in [1.82, 2.24) is 4.98 Å². The number of benzene rings is 2. The average Bonchev–Trinajstić information content (AvgIpc) is 2.48. The van der Waals surface area contributed by atoms with Crippen molar-refractivity contribution in [2.75, 3.05) is 0 Å². The highest BCUT2D eigenvalue weighted by Crippen LogP contribution is 2.30. The highest BCUT2D eigenvalue weighted by atomic mass is 14.7. The molecule has 0 amide bonds. The van der Waals surface area contributed by atoms with Gasteiger partial charge in [0, 0.05) is 11.8 Å². The van der Waals surface area contributed by atoms with Gasteiger partial charge >= 0.3 is 0 Å². The lowest BCUT2D eigenvalue weighted by atomic mass is 9.93. The van der Waals surface area contributed by atoms with E-state index < -0.39 is 0 Å². The second-order valence-electron chi connectivity index (χ2n) is 5.52. The molecule has 0 radical (unpaired) electrons. The molecule has 0 atom stereocenters. The molecule has 1 heteroatoms. The summed E-state index contributed by atoms with van der Waals surface area (Å²) in [6.07, 6.45) is 1.86. The molecule has 104 valence electrons. The van der Waals surface area contributed by atoms with Crippen LogP contribution in [0.1, 0.15) is 16.7 Å². The van der Waals surface area contributed by atoms with Gasteiger partial charge in [0.2, 0.25) is 0 Å². The first-order chi connectivity index (χ1) is 10.2. The third-order valence-corrected chi connectivity index (χ3v) is 3.92. The Bertz CT molecular complexity index is 767. The van der Waals surface area contributed by atoms with Gasteiger partial charge in [-0.05, 0) is 60.7 Å². The van der Waals surface area contributed by atoms with Gasteiger partial charge < -0.3 is 0 Å². The summed E-state index contributed by atoms with van der Waals surface area (Å²) in [6.45, 7) is 6.44. The van der Waals surface area contributed by atoms with E-state index in [1.54, 1.807) is 0 Å². The Balaban J connectivity index is 2.16. The van der Waals surface area contributed by atoms with Crippen LogP contribution in [-0.4, -0.2) is 4.98 Å².